The number of hydrogen-bond donors (Lipinski definition) is 2. The van der Waals surface area contributed by atoms with Gasteiger partial charge in [-0.25, -0.2) is 4.98 Å². The lowest BCUT2D eigenvalue weighted by Crippen LogP contribution is -2.13. The number of nitrogens with one attached hydrogen (secondary N) is 2. The van der Waals surface area contributed by atoms with Gasteiger partial charge in [0.1, 0.15) is 11.4 Å². The smallest absolute Gasteiger partial charge is 0.340 e. The van der Waals surface area contributed by atoms with E-state index in [2.05, 4.69) is 48.3 Å². The number of alkyl halides is 3. The van der Waals surface area contributed by atoms with Crippen molar-refractivity contribution in [3.8, 4) is 0 Å². The van der Waals surface area contributed by atoms with Gasteiger partial charge in [-0.15, -0.1) is 0 Å². The molecular weight excluding hydrogens is 437 g/mol. The first-order valence-electron chi connectivity index (χ1n) is 11.7. The van der Waals surface area contributed by atoms with Gasteiger partial charge in [0.2, 0.25) is 5.95 Å². The van der Waals surface area contributed by atoms with Crippen LogP contribution in [-0.2, 0) is 18.0 Å². The molecule has 0 saturated carbocycles. The van der Waals surface area contributed by atoms with Crippen LogP contribution in [0, 0.1) is 0 Å². The standard InChI is InChI=1S/C27H33F3N4/c1-5-6-7-8-9-19-10-14-22(15-11-19)33-25-31-18-23(27(28,29)30)24(34-25)32-21-16-12-20(13-17-21)26(2,3)4/h10-18H,5-9H2,1-4H3,(H2,31,32,33,34). The van der Waals surface area contributed by atoms with Crippen LogP contribution in [0.2, 0.25) is 0 Å². The molecule has 7 heteroatoms. The number of nitrogens with zero attached hydrogens (tertiary/aromatic N) is 2. The van der Waals surface area contributed by atoms with Gasteiger partial charge in [0.05, 0.1) is 0 Å². The van der Waals surface area contributed by atoms with Gasteiger partial charge in [-0.3, -0.25) is 0 Å². The summed E-state index contributed by atoms with van der Waals surface area (Å²) in [5, 5.41) is 5.83. The van der Waals surface area contributed by atoms with Crippen LogP contribution in [0.5, 0.6) is 0 Å². The number of aryl methyl sites for hydroxylation is 1. The fourth-order valence-electron chi connectivity index (χ4n) is 3.57. The van der Waals surface area contributed by atoms with Crippen LogP contribution in [0.25, 0.3) is 0 Å². The lowest BCUT2D eigenvalue weighted by atomic mass is 9.87. The second kappa shape index (κ2) is 10.9. The van der Waals surface area contributed by atoms with E-state index in [1.165, 1.54) is 24.8 Å². The first-order valence-corrected chi connectivity index (χ1v) is 11.7. The van der Waals surface area contributed by atoms with Gasteiger partial charge in [0.15, 0.2) is 0 Å². The predicted octanol–water partition coefficient (Wildman–Crippen LogP) is 8.40. The van der Waals surface area contributed by atoms with Gasteiger partial charge < -0.3 is 10.6 Å². The summed E-state index contributed by atoms with van der Waals surface area (Å²) in [4.78, 5) is 8.04. The van der Waals surface area contributed by atoms with E-state index in [9.17, 15) is 13.2 Å². The van der Waals surface area contributed by atoms with Crippen molar-refractivity contribution in [2.75, 3.05) is 10.6 Å². The molecule has 0 atom stereocenters. The van der Waals surface area contributed by atoms with E-state index in [1.807, 2.05) is 36.4 Å². The zero-order chi connectivity index (χ0) is 24.8. The highest BCUT2D eigenvalue weighted by atomic mass is 19.4. The Morgan fingerprint density at radius 1 is 0.794 bits per heavy atom. The Labute approximate surface area is 200 Å². The van der Waals surface area contributed by atoms with Crippen molar-refractivity contribution in [2.45, 2.75) is 71.4 Å². The third-order valence-electron chi connectivity index (χ3n) is 5.64. The van der Waals surface area contributed by atoms with E-state index < -0.39 is 11.7 Å². The summed E-state index contributed by atoms with van der Waals surface area (Å²) in [5.41, 5.74) is 2.60. The van der Waals surface area contributed by atoms with E-state index in [4.69, 9.17) is 0 Å². The Morgan fingerprint density at radius 2 is 1.41 bits per heavy atom. The number of hydrogen-bond acceptors (Lipinski definition) is 4. The molecule has 0 aliphatic heterocycles. The van der Waals surface area contributed by atoms with E-state index in [1.54, 1.807) is 12.1 Å². The highest BCUT2D eigenvalue weighted by molar-refractivity contribution is 5.63. The van der Waals surface area contributed by atoms with Gasteiger partial charge in [-0.2, -0.15) is 18.2 Å². The molecular formula is C27H33F3N4. The van der Waals surface area contributed by atoms with Crippen LogP contribution in [0.1, 0.15) is 70.1 Å². The molecule has 2 N–H and O–H groups in total. The maximum absolute atomic E-state index is 13.6. The molecule has 0 fully saturated rings. The highest BCUT2D eigenvalue weighted by Crippen LogP contribution is 2.35. The summed E-state index contributed by atoms with van der Waals surface area (Å²) in [6.07, 6.45) is 2.05. The number of rotatable bonds is 9. The fraction of sp³-hybridized carbons (Fsp3) is 0.407. The number of anilines is 4. The van der Waals surface area contributed by atoms with E-state index in [0.29, 0.717) is 5.69 Å². The summed E-state index contributed by atoms with van der Waals surface area (Å²) in [7, 11) is 0. The lowest BCUT2D eigenvalue weighted by molar-refractivity contribution is -0.137. The normalized spacial score (nSPS) is 12.0. The summed E-state index contributed by atoms with van der Waals surface area (Å²) >= 11 is 0. The molecule has 182 valence electrons. The van der Waals surface area contributed by atoms with Gasteiger partial charge in [-0.1, -0.05) is 71.2 Å². The number of aromatic nitrogens is 2. The van der Waals surface area contributed by atoms with E-state index >= 15 is 0 Å². The molecule has 0 aliphatic rings. The van der Waals surface area contributed by atoms with E-state index in [0.717, 1.165) is 30.3 Å². The van der Waals surface area contributed by atoms with Crippen LogP contribution in [0.3, 0.4) is 0 Å². The van der Waals surface area contributed by atoms with Crippen molar-refractivity contribution >= 4 is 23.1 Å². The first-order chi connectivity index (χ1) is 16.1. The maximum Gasteiger partial charge on any atom is 0.421 e. The third-order valence-corrected chi connectivity index (χ3v) is 5.64. The lowest BCUT2D eigenvalue weighted by Gasteiger charge is -2.20. The minimum Gasteiger partial charge on any atom is -0.340 e. The third kappa shape index (κ3) is 7.20. The molecule has 0 amide bonds. The molecule has 2 aromatic carbocycles. The van der Waals surface area contributed by atoms with Crippen LogP contribution in [-0.4, -0.2) is 9.97 Å². The Balaban J connectivity index is 1.76. The van der Waals surface area contributed by atoms with Crippen molar-refractivity contribution in [1.29, 1.82) is 0 Å². The molecule has 0 saturated heterocycles. The van der Waals surface area contributed by atoms with Gasteiger partial charge >= 0.3 is 6.18 Å². The molecule has 3 rings (SSSR count). The van der Waals surface area contributed by atoms with Gasteiger partial charge in [0.25, 0.3) is 0 Å². The molecule has 4 nitrogen and oxygen atoms in total. The fourth-order valence-corrected chi connectivity index (χ4v) is 3.57. The zero-order valence-corrected chi connectivity index (χ0v) is 20.3. The van der Waals surface area contributed by atoms with Crippen LogP contribution in [0.4, 0.5) is 36.3 Å². The predicted molar refractivity (Wildman–Crippen MR) is 133 cm³/mol. The minimum atomic E-state index is -4.58. The second-order valence-corrected chi connectivity index (χ2v) is 9.54. The van der Waals surface area contributed by atoms with Crippen molar-refractivity contribution < 1.29 is 13.2 Å². The Hall–Kier alpha value is -3.09. The van der Waals surface area contributed by atoms with Gasteiger partial charge in [0, 0.05) is 17.6 Å². The monoisotopic (exact) mass is 470 g/mol. The number of benzene rings is 2. The molecule has 0 bridgehead atoms. The van der Waals surface area contributed by atoms with E-state index in [-0.39, 0.29) is 17.2 Å². The van der Waals surface area contributed by atoms with Crippen molar-refractivity contribution in [1.82, 2.24) is 9.97 Å². The molecule has 1 aromatic heterocycles. The first kappa shape index (κ1) is 25.5. The van der Waals surface area contributed by atoms with Crippen LogP contribution < -0.4 is 10.6 Å². The van der Waals surface area contributed by atoms with Crippen LogP contribution >= 0.6 is 0 Å². The average Bonchev–Trinajstić information content (AvgIpc) is 2.77. The number of halogens is 3. The molecule has 3 aromatic rings. The summed E-state index contributed by atoms with van der Waals surface area (Å²) < 4.78 is 40.8. The second-order valence-electron chi connectivity index (χ2n) is 9.54. The Bertz CT molecular complexity index is 1050. The topological polar surface area (TPSA) is 49.8 Å². The minimum absolute atomic E-state index is 0.0489. The van der Waals surface area contributed by atoms with Crippen LogP contribution in [0.15, 0.2) is 54.7 Å². The van der Waals surface area contributed by atoms with Crippen molar-refractivity contribution in [3.63, 3.8) is 0 Å². The average molecular weight is 471 g/mol. The summed E-state index contributed by atoms with van der Waals surface area (Å²) in [6.45, 7) is 8.43. The molecule has 0 unspecified atom stereocenters. The zero-order valence-electron chi connectivity index (χ0n) is 20.3. The quantitative estimate of drug-likeness (QED) is 0.308. The van der Waals surface area contributed by atoms with Crippen molar-refractivity contribution in [3.05, 3.63) is 71.4 Å². The Morgan fingerprint density at radius 3 is 2.00 bits per heavy atom. The molecule has 1 heterocycles. The number of unbranched alkanes of at least 4 members (excludes halogenated alkanes) is 3. The molecule has 34 heavy (non-hydrogen) atoms. The Kier molecular flexibility index (Phi) is 8.18. The summed E-state index contributed by atoms with van der Waals surface area (Å²) in [6, 6.07) is 15.2. The maximum atomic E-state index is 13.6. The van der Waals surface area contributed by atoms with Gasteiger partial charge in [-0.05, 0) is 53.6 Å². The van der Waals surface area contributed by atoms with Crippen molar-refractivity contribution in [2.24, 2.45) is 0 Å². The molecule has 0 spiro atoms. The summed E-state index contributed by atoms with van der Waals surface area (Å²) in [5.74, 6) is -0.196. The SMILES string of the molecule is CCCCCCc1ccc(Nc2ncc(C(F)(F)F)c(Nc3ccc(C(C)(C)C)cc3)n2)cc1. The molecule has 0 radical (unpaired) electrons. The highest BCUT2D eigenvalue weighted by Gasteiger charge is 2.35. The largest absolute Gasteiger partial charge is 0.421 e. The molecule has 0 aliphatic carbocycles.